The Hall–Kier alpha value is -0.600. The van der Waals surface area contributed by atoms with Gasteiger partial charge in [0.2, 0.25) is 0 Å². The fourth-order valence-electron chi connectivity index (χ4n) is 1.60. The van der Waals surface area contributed by atoms with Crippen LogP contribution in [0.25, 0.3) is 0 Å². The molecule has 0 unspecified atom stereocenters. The van der Waals surface area contributed by atoms with Gasteiger partial charge in [-0.15, -0.1) is 0 Å². The molecule has 0 saturated carbocycles. The number of hydrogen-bond donors (Lipinski definition) is 3. The van der Waals surface area contributed by atoms with Crippen molar-refractivity contribution in [2.24, 2.45) is 0 Å². The first-order chi connectivity index (χ1) is 9.60. The number of urea groups is 1. The molecule has 3 N–H and O–H groups in total. The molecule has 8 heteroatoms. The van der Waals surface area contributed by atoms with Crippen LogP contribution in [0.4, 0.5) is 10.5 Å². The van der Waals surface area contributed by atoms with Crippen molar-refractivity contribution in [2.75, 3.05) is 5.32 Å². The summed E-state index contributed by atoms with van der Waals surface area (Å²) >= 11 is 10.1. The number of benzene rings is 1. The highest BCUT2D eigenvalue weighted by Gasteiger charge is 2.22. The zero-order valence-corrected chi connectivity index (χ0v) is 16.2. The van der Waals surface area contributed by atoms with Gasteiger partial charge in [0.05, 0.1) is 5.69 Å². The van der Waals surface area contributed by atoms with E-state index in [1.807, 2.05) is 12.1 Å². The lowest BCUT2D eigenvalue weighted by Crippen LogP contribution is -2.45. The number of rotatable bonds is 5. The molecule has 1 aromatic carbocycles. The van der Waals surface area contributed by atoms with Gasteiger partial charge in [-0.25, -0.2) is 4.79 Å². The fourth-order valence-corrected chi connectivity index (χ4v) is 4.05. The summed E-state index contributed by atoms with van der Waals surface area (Å²) in [5.41, 5.74) is -0.0127. The molecule has 0 aliphatic rings. The molecule has 5 nitrogen and oxygen atoms in total. The first kappa shape index (κ1) is 18.4. The number of nitrogens with one attached hydrogen (secondary N) is 2. The van der Waals surface area contributed by atoms with Crippen LogP contribution in [0.15, 0.2) is 25.6 Å². The third-order valence-corrected chi connectivity index (χ3v) is 4.37. The number of hydrogen-bond acceptors (Lipinski definition) is 2. The van der Waals surface area contributed by atoms with E-state index in [2.05, 4.69) is 58.4 Å². The Kier molecular flexibility index (Phi) is 6.68. The van der Waals surface area contributed by atoms with E-state index in [0.29, 0.717) is 12.1 Å². The van der Waals surface area contributed by atoms with Crippen LogP contribution in [-0.4, -0.2) is 22.6 Å². The van der Waals surface area contributed by atoms with Gasteiger partial charge >= 0.3 is 12.0 Å². The van der Waals surface area contributed by atoms with E-state index >= 15 is 0 Å². The molecular formula is C13H15Br3N2O3. The van der Waals surface area contributed by atoms with Crippen LogP contribution in [0.2, 0.25) is 0 Å². The first-order valence-corrected chi connectivity index (χ1v) is 8.44. The average molecular weight is 487 g/mol. The molecule has 0 spiro atoms. The summed E-state index contributed by atoms with van der Waals surface area (Å²) in [6, 6.07) is 3.24. The highest BCUT2D eigenvalue weighted by atomic mass is 79.9. The van der Waals surface area contributed by atoms with Gasteiger partial charge < -0.3 is 15.7 Å². The minimum Gasteiger partial charge on any atom is -0.481 e. The first-order valence-electron chi connectivity index (χ1n) is 6.06. The predicted octanol–water partition coefficient (Wildman–Crippen LogP) is 4.74. The third-order valence-electron chi connectivity index (χ3n) is 2.66. The molecular weight excluding hydrogens is 472 g/mol. The number of anilines is 1. The molecule has 0 aliphatic carbocycles. The Morgan fingerprint density at radius 2 is 1.71 bits per heavy atom. The van der Waals surface area contributed by atoms with Crippen LogP contribution in [-0.2, 0) is 4.79 Å². The molecule has 0 fully saturated rings. The molecule has 21 heavy (non-hydrogen) atoms. The van der Waals surface area contributed by atoms with Gasteiger partial charge in [0.1, 0.15) is 0 Å². The van der Waals surface area contributed by atoms with Gasteiger partial charge in [-0.1, -0.05) is 15.9 Å². The molecule has 2 amide bonds. The van der Waals surface area contributed by atoms with Gasteiger partial charge in [-0.2, -0.15) is 0 Å². The van der Waals surface area contributed by atoms with Crippen molar-refractivity contribution >= 4 is 65.5 Å². The maximum Gasteiger partial charge on any atom is 0.319 e. The summed E-state index contributed by atoms with van der Waals surface area (Å²) in [7, 11) is 0. The van der Waals surface area contributed by atoms with Gasteiger partial charge in [0.25, 0.3) is 0 Å². The third kappa shape index (κ3) is 6.36. The van der Waals surface area contributed by atoms with Crippen molar-refractivity contribution in [1.82, 2.24) is 5.32 Å². The molecule has 0 aliphatic heterocycles. The monoisotopic (exact) mass is 484 g/mol. The molecule has 0 atom stereocenters. The van der Waals surface area contributed by atoms with Gasteiger partial charge in [-0.05, 0) is 64.3 Å². The lowest BCUT2D eigenvalue weighted by molar-refractivity contribution is -0.137. The Labute approximate surface area is 148 Å². The van der Waals surface area contributed by atoms with E-state index in [4.69, 9.17) is 5.11 Å². The Morgan fingerprint density at radius 3 is 2.19 bits per heavy atom. The van der Waals surface area contributed by atoms with Crippen LogP contribution < -0.4 is 10.6 Å². The lowest BCUT2D eigenvalue weighted by Gasteiger charge is -2.26. The van der Waals surface area contributed by atoms with Crippen LogP contribution in [0.3, 0.4) is 0 Å². The lowest BCUT2D eigenvalue weighted by atomic mass is 9.99. The van der Waals surface area contributed by atoms with Crippen LogP contribution in [0, 0.1) is 0 Å². The van der Waals surface area contributed by atoms with Crippen molar-refractivity contribution < 1.29 is 14.7 Å². The number of carbonyl (C=O) groups excluding carboxylic acids is 1. The van der Waals surface area contributed by atoms with E-state index in [1.54, 1.807) is 13.8 Å². The molecule has 0 radical (unpaired) electrons. The average Bonchev–Trinajstić information content (AvgIpc) is 2.31. The normalized spacial score (nSPS) is 11.1. The maximum absolute atomic E-state index is 12.0. The quantitative estimate of drug-likeness (QED) is 0.562. The molecule has 0 bridgehead atoms. The van der Waals surface area contributed by atoms with Crippen LogP contribution >= 0.6 is 47.8 Å². The Morgan fingerprint density at radius 1 is 1.19 bits per heavy atom. The topological polar surface area (TPSA) is 78.4 Å². The standard InChI is InChI=1S/C13H15Br3N2O3/c1-13(2,4-3-10(19)20)18-12(21)17-11-8(15)5-7(14)6-9(11)16/h5-6H,3-4H2,1-2H3,(H,19,20)(H2,17,18,21). The van der Waals surface area contributed by atoms with E-state index in [1.165, 1.54) is 0 Å². The minimum atomic E-state index is -0.885. The van der Waals surface area contributed by atoms with E-state index in [0.717, 1.165) is 13.4 Å². The highest BCUT2D eigenvalue weighted by Crippen LogP contribution is 2.34. The van der Waals surface area contributed by atoms with Crippen molar-refractivity contribution in [2.45, 2.75) is 32.2 Å². The van der Waals surface area contributed by atoms with Crippen LogP contribution in [0.1, 0.15) is 26.7 Å². The molecule has 1 aromatic rings. The zero-order valence-electron chi connectivity index (χ0n) is 11.5. The molecule has 0 heterocycles. The number of carbonyl (C=O) groups is 2. The summed E-state index contributed by atoms with van der Waals surface area (Å²) in [5.74, 6) is -0.885. The van der Waals surface area contributed by atoms with E-state index in [-0.39, 0.29) is 6.42 Å². The Balaban J connectivity index is 2.72. The number of aliphatic carboxylic acids is 1. The summed E-state index contributed by atoms with van der Waals surface area (Å²) in [6.45, 7) is 3.56. The summed E-state index contributed by atoms with van der Waals surface area (Å²) in [5, 5.41) is 14.2. The van der Waals surface area contributed by atoms with Crippen molar-refractivity contribution in [3.05, 3.63) is 25.6 Å². The van der Waals surface area contributed by atoms with Gasteiger partial charge in [0.15, 0.2) is 0 Å². The summed E-state index contributed by atoms with van der Waals surface area (Å²) in [6.07, 6.45) is 0.345. The second kappa shape index (κ2) is 7.60. The molecule has 0 aromatic heterocycles. The second-order valence-corrected chi connectivity index (χ2v) is 7.73. The molecule has 116 valence electrons. The van der Waals surface area contributed by atoms with Crippen molar-refractivity contribution in [3.63, 3.8) is 0 Å². The largest absolute Gasteiger partial charge is 0.481 e. The van der Waals surface area contributed by atoms with E-state index < -0.39 is 17.5 Å². The smallest absolute Gasteiger partial charge is 0.319 e. The second-order valence-electron chi connectivity index (χ2n) is 5.10. The minimum absolute atomic E-state index is 0.00104. The number of carboxylic acids is 1. The molecule has 1 rings (SSSR count). The van der Waals surface area contributed by atoms with E-state index in [9.17, 15) is 9.59 Å². The predicted molar refractivity (Wildman–Crippen MR) is 92.6 cm³/mol. The van der Waals surface area contributed by atoms with Crippen molar-refractivity contribution in [3.8, 4) is 0 Å². The SMILES string of the molecule is CC(C)(CCC(=O)O)NC(=O)Nc1c(Br)cc(Br)cc1Br. The van der Waals surface area contributed by atoms with Crippen LogP contribution in [0.5, 0.6) is 0 Å². The fraction of sp³-hybridized carbons (Fsp3) is 0.385. The summed E-state index contributed by atoms with van der Waals surface area (Å²) in [4.78, 5) is 22.6. The number of carboxylic acid groups (broad SMARTS) is 1. The van der Waals surface area contributed by atoms with Gasteiger partial charge in [0, 0.05) is 25.4 Å². The number of amides is 2. The maximum atomic E-state index is 12.0. The highest BCUT2D eigenvalue weighted by molar-refractivity contribution is 9.11. The number of halogens is 3. The molecule has 0 saturated heterocycles. The summed E-state index contributed by atoms with van der Waals surface area (Å²) < 4.78 is 2.32. The Bertz CT molecular complexity index is 539. The van der Waals surface area contributed by atoms with Gasteiger partial charge in [-0.3, -0.25) is 4.79 Å². The zero-order chi connectivity index (χ0) is 16.2. The van der Waals surface area contributed by atoms with Crippen molar-refractivity contribution in [1.29, 1.82) is 0 Å².